The second-order valence-corrected chi connectivity index (χ2v) is 6.15. The number of amides is 1. The third-order valence-corrected chi connectivity index (χ3v) is 4.31. The van der Waals surface area contributed by atoms with E-state index in [1.165, 1.54) is 10.6 Å². The fourth-order valence-corrected chi connectivity index (χ4v) is 2.93. The SMILES string of the molecule is CCc1cc(=O)n(CC(=O)NC[C@H]2CCCO2)c(-c2ccccc2)n1. The van der Waals surface area contributed by atoms with Gasteiger partial charge in [0.25, 0.3) is 5.56 Å². The van der Waals surface area contributed by atoms with Crippen LogP contribution in [0.15, 0.2) is 41.2 Å². The highest BCUT2D eigenvalue weighted by atomic mass is 16.5. The molecule has 1 aromatic carbocycles. The zero-order valence-electron chi connectivity index (χ0n) is 14.4. The summed E-state index contributed by atoms with van der Waals surface area (Å²) in [7, 11) is 0. The normalized spacial score (nSPS) is 16.8. The van der Waals surface area contributed by atoms with Crippen molar-refractivity contribution in [3.05, 3.63) is 52.4 Å². The zero-order chi connectivity index (χ0) is 17.6. The maximum atomic E-state index is 12.5. The predicted octanol–water partition coefficient (Wildman–Crippen LogP) is 1.77. The van der Waals surface area contributed by atoms with Crippen molar-refractivity contribution >= 4 is 5.91 Å². The number of nitrogens with zero attached hydrogens (tertiary/aromatic N) is 2. The molecule has 0 spiro atoms. The Bertz CT molecular complexity index is 780. The molecule has 6 heteroatoms. The van der Waals surface area contributed by atoms with Crippen LogP contribution < -0.4 is 10.9 Å². The highest BCUT2D eigenvalue weighted by Gasteiger charge is 2.18. The lowest BCUT2D eigenvalue weighted by Crippen LogP contribution is -2.37. The van der Waals surface area contributed by atoms with Gasteiger partial charge in [0, 0.05) is 30.5 Å². The summed E-state index contributed by atoms with van der Waals surface area (Å²) in [5, 5.41) is 2.86. The number of aryl methyl sites for hydroxylation is 1. The summed E-state index contributed by atoms with van der Waals surface area (Å²) in [5.74, 6) is 0.318. The molecule has 1 fully saturated rings. The van der Waals surface area contributed by atoms with E-state index in [9.17, 15) is 9.59 Å². The van der Waals surface area contributed by atoms with Crippen LogP contribution in [0.25, 0.3) is 11.4 Å². The monoisotopic (exact) mass is 341 g/mol. The van der Waals surface area contributed by atoms with E-state index in [-0.39, 0.29) is 24.1 Å². The molecule has 0 bridgehead atoms. The Morgan fingerprint density at radius 2 is 2.16 bits per heavy atom. The Labute approximate surface area is 146 Å². The number of hydrogen-bond donors (Lipinski definition) is 1. The lowest BCUT2D eigenvalue weighted by Gasteiger charge is -2.15. The molecule has 0 radical (unpaired) electrons. The van der Waals surface area contributed by atoms with Crippen molar-refractivity contribution in [3.8, 4) is 11.4 Å². The van der Waals surface area contributed by atoms with Crippen LogP contribution >= 0.6 is 0 Å². The summed E-state index contributed by atoms with van der Waals surface area (Å²) >= 11 is 0. The maximum Gasteiger partial charge on any atom is 0.254 e. The Morgan fingerprint density at radius 3 is 2.84 bits per heavy atom. The van der Waals surface area contributed by atoms with Gasteiger partial charge in [0.05, 0.1) is 6.10 Å². The van der Waals surface area contributed by atoms with Gasteiger partial charge >= 0.3 is 0 Å². The van der Waals surface area contributed by atoms with E-state index in [1.54, 1.807) is 0 Å². The molecule has 1 aromatic heterocycles. The van der Waals surface area contributed by atoms with Crippen LogP contribution in [0.2, 0.25) is 0 Å². The van der Waals surface area contributed by atoms with Gasteiger partial charge in [-0.05, 0) is 19.3 Å². The lowest BCUT2D eigenvalue weighted by molar-refractivity contribution is -0.122. The highest BCUT2D eigenvalue weighted by molar-refractivity contribution is 5.76. The minimum Gasteiger partial charge on any atom is -0.376 e. The Morgan fingerprint density at radius 1 is 1.36 bits per heavy atom. The molecule has 1 aliphatic rings. The van der Waals surface area contributed by atoms with Gasteiger partial charge in [-0.2, -0.15) is 0 Å². The standard InChI is InChI=1S/C19H23N3O3/c1-2-15-11-18(24)22(19(21-15)14-7-4-3-5-8-14)13-17(23)20-12-16-9-6-10-25-16/h3-5,7-8,11,16H,2,6,9-10,12-13H2,1H3,(H,20,23)/t16-/m1/s1. The van der Waals surface area contributed by atoms with Crippen LogP contribution in [0.1, 0.15) is 25.5 Å². The van der Waals surface area contributed by atoms with E-state index in [2.05, 4.69) is 10.3 Å². The number of carbonyl (C=O) groups is 1. The largest absolute Gasteiger partial charge is 0.376 e. The molecular weight excluding hydrogens is 318 g/mol. The summed E-state index contributed by atoms with van der Waals surface area (Å²) in [4.78, 5) is 29.4. The van der Waals surface area contributed by atoms with Gasteiger partial charge in [-0.1, -0.05) is 37.3 Å². The average molecular weight is 341 g/mol. The van der Waals surface area contributed by atoms with E-state index in [0.717, 1.165) is 30.7 Å². The first-order chi connectivity index (χ1) is 12.2. The van der Waals surface area contributed by atoms with Crippen LogP contribution in [0, 0.1) is 0 Å². The number of carbonyl (C=O) groups excluding carboxylic acids is 1. The minimum absolute atomic E-state index is 0.0488. The molecule has 3 rings (SSSR count). The number of rotatable bonds is 6. The second kappa shape index (κ2) is 8.07. The molecule has 1 N–H and O–H groups in total. The molecule has 0 saturated carbocycles. The minimum atomic E-state index is -0.210. The average Bonchev–Trinajstić information content (AvgIpc) is 3.16. The summed E-state index contributed by atoms with van der Waals surface area (Å²) in [6.07, 6.45) is 2.74. The summed E-state index contributed by atoms with van der Waals surface area (Å²) in [6.45, 7) is 3.14. The Kier molecular flexibility index (Phi) is 5.60. The topological polar surface area (TPSA) is 73.2 Å². The molecule has 0 unspecified atom stereocenters. The van der Waals surface area contributed by atoms with Crippen molar-refractivity contribution in [2.45, 2.75) is 38.8 Å². The van der Waals surface area contributed by atoms with Crippen molar-refractivity contribution in [3.63, 3.8) is 0 Å². The summed E-state index contributed by atoms with van der Waals surface area (Å²) in [5.41, 5.74) is 1.33. The van der Waals surface area contributed by atoms with Crippen LogP contribution in [0.4, 0.5) is 0 Å². The van der Waals surface area contributed by atoms with Crippen molar-refractivity contribution in [1.29, 1.82) is 0 Å². The van der Waals surface area contributed by atoms with E-state index in [1.807, 2.05) is 37.3 Å². The lowest BCUT2D eigenvalue weighted by atomic mass is 10.2. The molecule has 2 aromatic rings. The fourth-order valence-electron chi connectivity index (χ4n) is 2.93. The van der Waals surface area contributed by atoms with E-state index >= 15 is 0 Å². The number of nitrogens with one attached hydrogen (secondary N) is 1. The predicted molar refractivity (Wildman–Crippen MR) is 95.3 cm³/mol. The molecule has 132 valence electrons. The molecule has 6 nitrogen and oxygen atoms in total. The number of aromatic nitrogens is 2. The Hall–Kier alpha value is -2.47. The number of hydrogen-bond acceptors (Lipinski definition) is 4. The third-order valence-electron chi connectivity index (χ3n) is 4.31. The van der Waals surface area contributed by atoms with Gasteiger partial charge < -0.3 is 10.1 Å². The molecule has 2 heterocycles. The van der Waals surface area contributed by atoms with Gasteiger partial charge in [0.2, 0.25) is 5.91 Å². The molecule has 1 atom stereocenters. The van der Waals surface area contributed by atoms with E-state index in [4.69, 9.17) is 4.74 Å². The zero-order valence-corrected chi connectivity index (χ0v) is 14.4. The van der Waals surface area contributed by atoms with Crippen LogP contribution in [-0.4, -0.2) is 34.7 Å². The number of ether oxygens (including phenoxy) is 1. The molecular formula is C19H23N3O3. The van der Waals surface area contributed by atoms with Crippen LogP contribution in [0.5, 0.6) is 0 Å². The highest BCUT2D eigenvalue weighted by Crippen LogP contribution is 2.16. The fraction of sp³-hybridized carbons (Fsp3) is 0.421. The van der Waals surface area contributed by atoms with E-state index in [0.29, 0.717) is 18.8 Å². The first kappa shape index (κ1) is 17.4. The first-order valence-corrected chi connectivity index (χ1v) is 8.72. The van der Waals surface area contributed by atoms with Crippen LogP contribution in [0.3, 0.4) is 0 Å². The van der Waals surface area contributed by atoms with Gasteiger partial charge in [0.15, 0.2) is 0 Å². The molecule has 25 heavy (non-hydrogen) atoms. The molecule has 1 saturated heterocycles. The third kappa shape index (κ3) is 4.33. The van der Waals surface area contributed by atoms with Gasteiger partial charge in [-0.15, -0.1) is 0 Å². The Balaban J connectivity index is 1.81. The molecule has 0 aliphatic carbocycles. The number of benzene rings is 1. The van der Waals surface area contributed by atoms with Crippen LogP contribution in [-0.2, 0) is 22.5 Å². The van der Waals surface area contributed by atoms with Crippen molar-refractivity contribution < 1.29 is 9.53 Å². The van der Waals surface area contributed by atoms with Crippen molar-refractivity contribution in [2.24, 2.45) is 0 Å². The van der Waals surface area contributed by atoms with Crippen molar-refractivity contribution in [1.82, 2.24) is 14.9 Å². The van der Waals surface area contributed by atoms with Gasteiger partial charge in [0.1, 0.15) is 12.4 Å². The maximum absolute atomic E-state index is 12.5. The quantitative estimate of drug-likeness (QED) is 0.869. The molecule has 1 amide bonds. The summed E-state index contributed by atoms with van der Waals surface area (Å²) < 4.78 is 6.93. The van der Waals surface area contributed by atoms with Gasteiger partial charge in [-0.3, -0.25) is 14.2 Å². The summed E-state index contributed by atoms with van der Waals surface area (Å²) in [6, 6.07) is 11.0. The second-order valence-electron chi connectivity index (χ2n) is 6.15. The van der Waals surface area contributed by atoms with Crippen molar-refractivity contribution in [2.75, 3.05) is 13.2 Å². The van der Waals surface area contributed by atoms with Gasteiger partial charge in [-0.25, -0.2) is 4.98 Å². The first-order valence-electron chi connectivity index (χ1n) is 8.72. The molecule has 1 aliphatic heterocycles. The van der Waals surface area contributed by atoms with E-state index < -0.39 is 0 Å². The smallest absolute Gasteiger partial charge is 0.254 e.